The Kier molecular flexibility index (Phi) is 6.30. The summed E-state index contributed by atoms with van der Waals surface area (Å²) >= 11 is 0. The molecule has 114 valence electrons. The Hall–Kier alpha value is -0.780. The number of nitrogens with zero attached hydrogens (tertiary/aromatic N) is 3. The third-order valence-corrected chi connectivity index (χ3v) is 4.36. The number of aromatic nitrogens is 2. The molecular formula is C13H22Cl2N4O. The number of rotatable bonds is 2. The molecule has 3 unspecified atom stereocenters. The number of likely N-dealkylation sites (tertiary alicyclic amines) is 1. The lowest BCUT2D eigenvalue weighted by Crippen LogP contribution is -2.38. The van der Waals surface area contributed by atoms with E-state index in [1.54, 1.807) is 10.9 Å². The van der Waals surface area contributed by atoms with Crippen LogP contribution < -0.4 is 5.73 Å². The highest BCUT2D eigenvalue weighted by Crippen LogP contribution is 2.35. The molecule has 3 atom stereocenters. The molecule has 1 saturated heterocycles. The number of hydrogen-bond acceptors (Lipinski definition) is 3. The third kappa shape index (κ3) is 3.45. The van der Waals surface area contributed by atoms with Crippen molar-refractivity contribution in [3.63, 3.8) is 0 Å². The van der Waals surface area contributed by atoms with E-state index in [0.717, 1.165) is 19.5 Å². The van der Waals surface area contributed by atoms with E-state index in [4.69, 9.17) is 5.73 Å². The van der Waals surface area contributed by atoms with Gasteiger partial charge in [0.1, 0.15) is 6.54 Å². The Morgan fingerprint density at radius 2 is 2.10 bits per heavy atom. The Morgan fingerprint density at radius 1 is 1.30 bits per heavy atom. The predicted molar refractivity (Wildman–Crippen MR) is 82.1 cm³/mol. The number of halogens is 2. The van der Waals surface area contributed by atoms with Gasteiger partial charge in [0.15, 0.2) is 0 Å². The zero-order valence-electron chi connectivity index (χ0n) is 11.4. The molecule has 2 N–H and O–H groups in total. The van der Waals surface area contributed by atoms with Crippen molar-refractivity contribution in [2.24, 2.45) is 17.6 Å². The second kappa shape index (κ2) is 7.29. The summed E-state index contributed by atoms with van der Waals surface area (Å²) < 4.78 is 1.68. The van der Waals surface area contributed by atoms with E-state index in [1.807, 2.05) is 17.2 Å². The maximum absolute atomic E-state index is 12.2. The van der Waals surface area contributed by atoms with Crippen LogP contribution in [0, 0.1) is 11.8 Å². The normalized spacial score (nSPS) is 28.2. The van der Waals surface area contributed by atoms with Crippen molar-refractivity contribution in [1.29, 1.82) is 0 Å². The van der Waals surface area contributed by atoms with Gasteiger partial charge in [-0.05, 0) is 30.7 Å². The molecule has 0 spiro atoms. The molecule has 1 aromatic heterocycles. The number of amides is 1. The molecule has 20 heavy (non-hydrogen) atoms. The van der Waals surface area contributed by atoms with Gasteiger partial charge in [-0.25, -0.2) is 0 Å². The number of carbonyl (C=O) groups excluding carboxylic acids is 1. The highest BCUT2D eigenvalue weighted by atomic mass is 35.5. The molecule has 0 bridgehead atoms. The van der Waals surface area contributed by atoms with Gasteiger partial charge < -0.3 is 10.6 Å². The summed E-state index contributed by atoms with van der Waals surface area (Å²) in [7, 11) is 0. The second-order valence-corrected chi connectivity index (χ2v) is 5.52. The summed E-state index contributed by atoms with van der Waals surface area (Å²) in [6.07, 6.45) is 7.08. The number of fused-ring (bicyclic) bond motifs is 1. The summed E-state index contributed by atoms with van der Waals surface area (Å²) in [6.45, 7) is 2.08. The average molecular weight is 321 g/mol. The standard InChI is InChI=1S/C13H20N4O.2ClH/c14-12-4-1-3-10-7-16(8-11(10)12)13(18)9-17-6-2-5-15-17;;/h2,5-6,10-12H,1,3-4,7-9,14H2;2*1H. The Morgan fingerprint density at radius 3 is 2.75 bits per heavy atom. The van der Waals surface area contributed by atoms with E-state index in [9.17, 15) is 4.79 Å². The van der Waals surface area contributed by atoms with Gasteiger partial charge in [0.05, 0.1) is 0 Å². The van der Waals surface area contributed by atoms with Gasteiger partial charge in [0.25, 0.3) is 0 Å². The Bertz CT molecular complexity index is 426. The van der Waals surface area contributed by atoms with E-state index in [2.05, 4.69) is 5.10 Å². The predicted octanol–water partition coefficient (Wildman–Crippen LogP) is 1.31. The van der Waals surface area contributed by atoms with Gasteiger partial charge in [-0.1, -0.05) is 6.42 Å². The van der Waals surface area contributed by atoms with E-state index < -0.39 is 0 Å². The smallest absolute Gasteiger partial charge is 0.244 e. The minimum atomic E-state index is 0. The minimum absolute atomic E-state index is 0. The van der Waals surface area contributed by atoms with Crippen molar-refractivity contribution in [2.75, 3.05) is 13.1 Å². The molecule has 0 radical (unpaired) electrons. The van der Waals surface area contributed by atoms with Crippen molar-refractivity contribution < 1.29 is 4.79 Å². The summed E-state index contributed by atoms with van der Waals surface area (Å²) in [6, 6.07) is 2.12. The molecule has 1 aliphatic carbocycles. The highest BCUT2D eigenvalue weighted by Gasteiger charge is 2.40. The minimum Gasteiger partial charge on any atom is -0.340 e. The summed E-state index contributed by atoms with van der Waals surface area (Å²) in [5.41, 5.74) is 6.16. The summed E-state index contributed by atoms with van der Waals surface area (Å²) in [4.78, 5) is 14.2. The van der Waals surface area contributed by atoms with Crippen LogP contribution >= 0.6 is 24.8 Å². The lowest BCUT2D eigenvalue weighted by Gasteiger charge is -2.29. The first-order valence-corrected chi connectivity index (χ1v) is 6.75. The molecule has 2 heterocycles. The lowest BCUT2D eigenvalue weighted by atomic mass is 9.78. The third-order valence-electron chi connectivity index (χ3n) is 4.36. The van der Waals surface area contributed by atoms with E-state index in [1.165, 1.54) is 12.8 Å². The fourth-order valence-electron chi connectivity index (χ4n) is 3.35. The lowest BCUT2D eigenvalue weighted by molar-refractivity contribution is -0.131. The van der Waals surface area contributed by atoms with E-state index in [0.29, 0.717) is 18.4 Å². The van der Waals surface area contributed by atoms with Crippen molar-refractivity contribution in [2.45, 2.75) is 31.8 Å². The molecular weight excluding hydrogens is 299 g/mol. The van der Waals surface area contributed by atoms with Gasteiger partial charge in [-0.2, -0.15) is 5.10 Å². The van der Waals surface area contributed by atoms with Gasteiger partial charge in [-0.3, -0.25) is 9.48 Å². The molecule has 7 heteroatoms. The van der Waals surface area contributed by atoms with Crippen molar-refractivity contribution in [3.05, 3.63) is 18.5 Å². The van der Waals surface area contributed by atoms with Crippen LogP contribution in [-0.4, -0.2) is 39.7 Å². The second-order valence-electron chi connectivity index (χ2n) is 5.52. The maximum Gasteiger partial charge on any atom is 0.244 e. The molecule has 5 nitrogen and oxygen atoms in total. The van der Waals surface area contributed by atoms with Crippen LogP contribution in [0.2, 0.25) is 0 Å². The molecule has 1 aliphatic heterocycles. The molecule has 3 rings (SSSR count). The van der Waals surface area contributed by atoms with Crippen LogP contribution in [0.15, 0.2) is 18.5 Å². The highest BCUT2D eigenvalue weighted by molar-refractivity contribution is 5.85. The topological polar surface area (TPSA) is 64.2 Å². The first kappa shape index (κ1) is 17.3. The van der Waals surface area contributed by atoms with Gasteiger partial charge in [0, 0.05) is 31.5 Å². The molecule has 2 aliphatic rings. The summed E-state index contributed by atoms with van der Waals surface area (Å²) in [5, 5.41) is 4.08. The number of carbonyl (C=O) groups is 1. The molecule has 1 amide bonds. The van der Waals surface area contributed by atoms with Gasteiger partial charge in [0.2, 0.25) is 5.91 Å². The van der Waals surface area contributed by atoms with E-state index >= 15 is 0 Å². The van der Waals surface area contributed by atoms with Crippen molar-refractivity contribution in [3.8, 4) is 0 Å². The van der Waals surface area contributed by atoms with Crippen LogP contribution in [0.4, 0.5) is 0 Å². The van der Waals surface area contributed by atoms with Crippen LogP contribution in [0.1, 0.15) is 19.3 Å². The zero-order chi connectivity index (χ0) is 12.5. The fourth-order valence-corrected chi connectivity index (χ4v) is 3.35. The quantitative estimate of drug-likeness (QED) is 0.893. The Labute approximate surface area is 131 Å². The van der Waals surface area contributed by atoms with Gasteiger partial charge >= 0.3 is 0 Å². The fraction of sp³-hybridized carbons (Fsp3) is 0.692. The summed E-state index contributed by atoms with van der Waals surface area (Å²) in [5.74, 6) is 1.30. The average Bonchev–Trinajstić information content (AvgIpc) is 2.97. The monoisotopic (exact) mass is 320 g/mol. The number of hydrogen-bond donors (Lipinski definition) is 1. The molecule has 1 saturated carbocycles. The first-order chi connectivity index (χ1) is 8.74. The van der Waals surface area contributed by atoms with Crippen LogP contribution in [0.3, 0.4) is 0 Å². The van der Waals surface area contributed by atoms with Crippen LogP contribution in [-0.2, 0) is 11.3 Å². The van der Waals surface area contributed by atoms with Crippen molar-refractivity contribution in [1.82, 2.24) is 14.7 Å². The van der Waals surface area contributed by atoms with Gasteiger partial charge in [-0.15, -0.1) is 24.8 Å². The Balaban J connectivity index is 0.000001000. The van der Waals surface area contributed by atoms with E-state index in [-0.39, 0.29) is 36.8 Å². The van der Waals surface area contributed by atoms with Crippen molar-refractivity contribution >= 4 is 30.7 Å². The zero-order valence-corrected chi connectivity index (χ0v) is 13.0. The van der Waals surface area contributed by atoms with Crippen LogP contribution in [0.5, 0.6) is 0 Å². The molecule has 1 aromatic rings. The largest absolute Gasteiger partial charge is 0.340 e. The molecule has 0 aromatic carbocycles. The first-order valence-electron chi connectivity index (χ1n) is 6.75. The maximum atomic E-state index is 12.2. The SMILES string of the molecule is Cl.Cl.NC1CCCC2CN(C(=O)Cn3cccn3)CC12. The molecule has 2 fully saturated rings. The van der Waals surface area contributed by atoms with Crippen LogP contribution in [0.25, 0.3) is 0 Å². The number of nitrogens with two attached hydrogens (primary N) is 1.